The van der Waals surface area contributed by atoms with Crippen molar-refractivity contribution in [3.8, 4) is 0 Å². The second-order valence-electron chi connectivity index (χ2n) is 3.03. The Morgan fingerprint density at radius 2 is 2.21 bits per heavy atom. The lowest BCUT2D eigenvalue weighted by molar-refractivity contribution is 0.112. The summed E-state index contributed by atoms with van der Waals surface area (Å²) in [6, 6.07) is 6.12. The molecule has 0 N–H and O–H groups in total. The van der Waals surface area contributed by atoms with Crippen molar-refractivity contribution < 1.29 is 4.79 Å². The standard InChI is InChI=1S/C11H10OS2/c1-7-9(6-12)8-4-3-5-10(13-2)11(8)14-7/h3-6H,1-2H3. The molecule has 0 aliphatic carbocycles. The van der Waals surface area contributed by atoms with Crippen molar-refractivity contribution in [3.05, 3.63) is 28.6 Å². The Hall–Kier alpha value is -0.800. The number of hydrogen-bond acceptors (Lipinski definition) is 3. The van der Waals surface area contributed by atoms with E-state index < -0.39 is 0 Å². The van der Waals surface area contributed by atoms with Gasteiger partial charge in [0.25, 0.3) is 0 Å². The van der Waals surface area contributed by atoms with E-state index in [0.29, 0.717) is 0 Å². The van der Waals surface area contributed by atoms with Crippen LogP contribution in [0.15, 0.2) is 23.1 Å². The molecule has 14 heavy (non-hydrogen) atoms. The molecule has 0 radical (unpaired) electrons. The zero-order valence-electron chi connectivity index (χ0n) is 8.03. The Balaban J connectivity index is 2.85. The minimum absolute atomic E-state index is 0.848. The number of benzene rings is 1. The van der Waals surface area contributed by atoms with E-state index >= 15 is 0 Å². The van der Waals surface area contributed by atoms with Crippen molar-refractivity contribution in [3.63, 3.8) is 0 Å². The molecule has 0 fully saturated rings. The molecule has 0 spiro atoms. The van der Waals surface area contributed by atoms with Crippen LogP contribution < -0.4 is 0 Å². The molecule has 2 rings (SSSR count). The quantitative estimate of drug-likeness (QED) is 0.568. The van der Waals surface area contributed by atoms with E-state index in [1.807, 2.05) is 19.1 Å². The molecule has 0 bridgehead atoms. The summed E-state index contributed by atoms with van der Waals surface area (Å²) in [5.74, 6) is 0. The number of rotatable bonds is 2. The van der Waals surface area contributed by atoms with Gasteiger partial charge in [0.2, 0.25) is 0 Å². The third kappa shape index (κ3) is 1.37. The Labute approximate surface area is 91.1 Å². The van der Waals surface area contributed by atoms with E-state index in [-0.39, 0.29) is 0 Å². The SMILES string of the molecule is CSc1cccc2c(C=O)c(C)sc12. The lowest BCUT2D eigenvalue weighted by atomic mass is 10.1. The number of thioether (sulfide) groups is 1. The van der Waals surface area contributed by atoms with Gasteiger partial charge in [0, 0.05) is 25.4 Å². The van der Waals surface area contributed by atoms with Crippen LogP contribution in [0.25, 0.3) is 10.1 Å². The summed E-state index contributed by atoms with van der Waals surface area (Å²) in [6.07, 6.45) is 3.02. The maximum Gasteiger partial charge on any atom is 0.151 e. The summed E-state index contributed by atoms with van der Waals surface area (Å²) in [5, 5.41) is 1.09. The van der Waals surface area contributed by atoms with Gasteiger partial charge < -0.3 is 0 Å². The van der Waals surface area contributed by atoms with Gasteiger partial charge in [0.15, 0.2) is 6.29 Å². The summed E-state index contributed by atoms with van der Waals surface area (Å²) in [6.45, 7) is 2.00. The van der Waals surface area contributed by atoms with Crippen molar-refractivity contribution >= 4 is 39.5 Å². The van der Waals surface area contributed by atoms with Crippen molar-refractivity contribution in [2.45, 2.75) is 11.8 Å². The van der Waals surface area contributed by atoms with Crippen LogP contribution >= 0.6 is 23.1 Å². The third-order valence-electron chi connectivity index (χ3n) is 2.24. The Bertz CT molecular complexity index is 485. The van der Waals surface area contributed by atoms with Crippen LogP contribution in [-0.2, 0) is 0 Å². The first-order valence-electron chi connectivity index (χ1n) is 4.29. The number of carbonyl (C=O) groups is 1. The van der Waals surface area contributed by atoms with Crippen LogP contribution in [0.1, 0.15) is 15.2 Å². The highest BCUT2D eigenvalue weighted by molar-refractivity contribution is 7.99. The lowest BCUT2D eigenvalue weighted by Crippen LogP contribution is -1.78. The molecule has 0 aliphatic heterocycles. The van der Waals surface area contributed by atoms with Gasteiger partial charge in [0.05, 0.1) is 0 Å². The summed E-state index contributed by atoms with van der Waals surface area (Å²) in [7, 11) is 0. The molecule has 1 aromatic heterocycles. The molecule has 0 amide bonds. The molecule has 1 aromatic carbocycles. The van der Waals surface area contributed by atoms with Crippen molar-refractivity contribution in [1.82, 2.24) is 0 Å². The molecule has 1 heterocycles. The largest absolute Gasteiger partial charge is 0.298 e. The molecule has 0 unspecified atom stereocenters. The molecular formula is C11H10OS2. The van der Waals surface area contributed by atoms with Crippen LogP contribution in [0.5, 0.6) is 0 Å². The predicted octanol–water partition coefficient (Wildman–Crippen LogP) is 3.74. The van der Waals surface area contributed by atoms with E-state index in [9.17, 15) is 4.79 Å². The fourth-order valence-electron chi connectivity index (χ4n) is 1.54. The second-order valence-corrected chi connectivity index (χ2v) is 5.10. The third-order valence-corrected chi connectivity index (χ3v) is 4.32. The Morgan fingerprint density at radius 1 is 1.43 bits per heavy atom. The maximum atomic E-state index is 10.9. The minimum Gasteiger partial charge on any atom is -0.298 e. The molecule has 3 heteroatoms. The Morgan fingerprint density at radius 3 is 2.86 bits per heavy atom. The van der Waals surface area contributed by atoms with Gasteiger partial charge in [-0.15, -0.1) is 23.1 Å². The zero-order valence-corrected chi connectivity index (χ0v) is 9.67. The molecule has 1 nitrogen and oxygen atoms in total. The molecule has 0 atom stereocenters. The molecule has 72 valence electrons. The van der Waals surface area contributed by atoms with Crippen LogP contribution in [0.3, 0.4) is 0 Å². The monoisotopic (exact) mass is 222 g/mol. The van der Waals surface area contributed by atoms with Gasteiger partial charge in [-0.2, -0.15) is 0 Å². The van der Waals surface area contributed by atoms with Crippen molar-refractivity contribution in [1.29, 1.82) is 0 Å². The fourth-order valence-corrected chi connectivity index (χ4v) is 3.45. The molecule has 2 aromatic rings. The molecule has 0 saturated heterocycles. The van der Waals surface area contributed by atoms with Crippen LogP contribution in [-0.4, -0.2) is 12.5 Å². The molecule has 0 aliphatic rings. The number of fused-ring (bicyclic) bond motifs is 1. The average molecular weight is 222 g/mol. The summed E-state index contributed by atoms with van der Waals surface area (Å²) in [4.78, 5) is 13.3. The zero-order chi connectivity index (χ0) is 10.1. The summed E-state index contributed by atoms with van der Waals surface area (Å²) >= 11 is 3.43. The van der Waals surface area contributed by atoms with Gasteiger partial charge in [-0.05, 0) is 19.2 Å². The topological polar surface area (TPSA) is 17.1 Å². The molecule has 0 saturated carbocycles. The highest BCUT2D eigenvalue weighted by atomic mass is 32.2. The summed E-state index contributed by atoms with van der Waals surface area (Å²) < 4.78 is 1.24. The van der Waals surface area contributed by atoms with Gasteiger partial charge in [-0.25, -0.2) is 0 Å². The first kappa shape index (κ1) is 9.74. The highest BCUT2D eigenvalue weighted by Crippen LogP contribution is 2.35. The van der Waals surface area contributed by atoms with Crippen molar-refractivity contribution in [2.75, 3.05) is 6.26 Å². The second kappa shape index (κ2) is 3.75. The van der Waals surface area contributed by atoms with E-state index in [0.717, 1.165) is 22.1 Å². The van der Waals surface area contributed by atoms with Crippen LogP contribution in [0.2, 0.25) is 0 Å². The van der Waals surface area contributed by atoms with Crippen molar-refractivity contribution in [2.24, 2.45) is 0 Å². The normalized spacial score (nSPS) is 10.7. The first-order chi connectivity index (χ1) is 6.77. The smallest absolute Gasteiger partial charge is 0.151 e. The lowest BCUT2D eigenvalue weighted by Gasteiger charge is -1.97. The number of carbonyl (C=O) groups excluding carboxylic acids is 1. The Kier molecular flexibility index (Phi) is 2.61. The fraction of sp³-hybridized carbons (Fsp3) is 0.182. The summed E-state index contributed by atoms with van der Waals surface area (Å²) in [5.41, 5.74) is 0.848. The number of hydrogen-bond donors (Lipinski definition) is 0. The maximum absolute atomic E-state index is 10.9. The first-order valence-corrected chi connectivity index (χ1v) is 6.33. The minimum atomic E-state index is 0.848. The van der Waals surface area contributed by atoms with Crippen LogP contribution in [0, 0.1) is 6.92 Å². The number of aldehydes is 1. The van der Waals surface area contributed by atoms with E-state index in [1.54, 1.807) is 23.1 Å². The number of aryl methyl sites for hydroxylation is 1. The van der Waals surface area contributed by atoms with Gasteiger partial charge >= 0.3 is 0 Å². The number of thiophene rings is 1. The van der Waals surface area contributed by atoms with Gasteiger partial charge in [0.1, 0.15) is 0 Å². The predicted molar refractivity (Wildman–Crippen MR) is 63.7 cm³/mol. The van der Waals surface area contributed by atoms with E-state index in [2.05, 4.69) is 12.3 Å². The van der Waals surface area contributed by atoms with E-state index in [4.69, 9.17) is 0 Å². The average Bonchev–Trinajstić information content (AvgIpc) is 2.52. The van der Waals surface area contributed by atoms with Crippen LogP contribution in [0.4, 0.5) is 0 Å². The highest BCUT2D eigenvalue weighted by Gasteiger charge is 2.10. The van der Waals surface area contributed by atoms with Gasteiger partial charge in [-0.1, -0.05) is 12.1 Å². The molecular weight excluding hydrogens is 212 g/mol. The van der Waals surface area contributed by atoms with E-state index in [1.165, 1.54) is 9.60 Å². The van der Waals surface area contributed by atoms with Gasteiger partial charge in [-0.3, -0.25) is 4.79 Å².